The van der Waals surface area contributed by atoms with Crippen LogP contribution in [0.25, 0.3) is 0 Å². The first kappa shape index (κ1) is 14.6. The summed E-state index contributed by atoms with van der Waals surface area (Å²) < 4.78 is 11.1. The molecule has 0 saturated heterocycles. The summed E-state index contributed by atoms with van der Waals surface area (Å²) in [5.41, 5.74) is 0.0757. The number of hydrogen-bond donors (Lipinski definition) is 1. The highest BCUT2D eigenvalue weighted by Crippen LogP contribution is 2.37. The SMILES string of the molecule is CC(C)Oc1cc(C(=O)O)cc(Cl)c1OC(C)C. The normalized spacial score (nSPS) is 10.8. The first-order valence-corrected chi connectivity index (χ1v) is 6.09. The second-order valence-corrected chi connectivity index (χ2v) is 4.83. The molecular formula is C13H17ClO4. The zero-order valence-corrected chi connectivity index (χ0v) is 11.6. The first-order valence-electron chi connectivity index (χ1n) is 5.71. The van der Waals surface area contributed by atoms with Crippen LogP contribution in [-0.2, 0) is 0 Å². The van der Waals surface area contributed by atoms with E-state index in [0.717, 1.165) is 0 Å². The minimum atomic E-state index is -1.05. The minimum absolute atomic E-state index is 0.0757. The largest absolute Gasteiger partial charge is 0.487 e. The van der Waals surface area contributed by atoms with Gasteiger partial charge in [-0.1, -0.05) is 11.6 Å². The Morgan fingerprint density at radius 1 is 1.17 bits per heavy atom. The fourth-order valence-corrected chi connectivity index (χ4v) is 1.64. The molecule has 0 heterocycles. The van der Waals surface area contributed by atoms with Gasteiger partial charge in [0.05, 0.1) is 22.8 Å². The third-order valence-electron chi connectivity index (χ3n) is 1.97. The maximum absolute atomic E-state index is 11.0. The summed E-state index contributed by atoms with van der Waals surface area (Å²) in [5.74, 6) is -0.324. The number of rotatable bonds is 5. The van der Waals surface area contributed by atoms with Crippen LogP contribution < -0.4 is 9.47 Å². The van der Waals surface area contributed by atoms with E-state index in [1.807, 2.05) is 27.7 Å². The number of halogens is 1. The van der Waals surface area contributed by atoms with Gasteiger partial charge in [0.25, 0.3) is 0 Å². The molecule has 0 radical (unpaired) electrons. The van der Waals surface area contributed by atoms with E-state index < -0.39 is 5.97 Å². The molecular weight excluding hydrogens is 256 g/mol. The van der Waals surface area contributed by atoms with Crippen molar-refractivity contribution >= 4 is 17.6 Å². The molecule has 0 atom stereocenters. The van der Waals surface area contributed by atoms with Gasteiger partial charge in [-0.05, 0) is 39.8 Å². The van der Waals surface area contributed by atoms with E-state index in [4.69, 9.17) is 26.2 Å². The third kappa shape index (κ3) is 3.81. The van der Waals surface area contributed by atoms with Crippen LogP contribution >= 0.6 is 11.6 Å². The van der Waals surface area contributed by atoms with E-state index >= 15 is 0 Å². The molecule has 0 aliphatic rings. The molecule has 0 saturated carbocycles. The lowest BCUT2D eigenvalue weighted by molar-refractivity contribution is 0.0696. The lowest BCUT2D eigenvalue weighted by Crippen LogP contribution is -2.12. The zero-order chi connectivity index (χ0) is 13.9. The Kier molecular flexibility index (Phi) is 4.84. The summed E-state index contributed by atoms with van der Waals surface area (Å²) in [4.78, 5) is 11.0. The minimum Gasteiger partial charge on any atom is -0.487 e. The quantitative estimate of drug-likeness (QED) is 0.889. The van der Waals surface area contributed by atoms with Crippen molar-refractivity contribution in [1.29, 1.82) is 0 Å². The number of aromatic carboxylic acids is 1. The molecule has 0 bridgehead atoms. The summed E-state index contributed by atoms with van der Waals surface area (Å²) in [5, 5.41) is 9.22. The van der Waals surface area contributed by atoms with Crippen molar-refractivity contribution in [3.8, 4) is 11.5 Å². The van der Waals surface area contributed by atoms with Crippen molar-refractivity contribution in [1.82, 2.24) is 0 Å². The number of ether oxygens (including phenoxy) is 2. The van der Waals surface area contributed by atoms with Gasteiger partial charge in [-0.25, -0.2) is 4.79 Å². The van der Waals surface area contributed by atoms with E-state index in [9.17, 15) is 4.79 Å². The molecule has 0 spiro atoms. The van der Waals surface area contributed by atoms with Gasteiger partial charge in [-0.2, -0.15) is 0 Å². The maximum Gasteiger partial charge on any atom is 0.335 e. The molecule has 4 nitrogen and oxygen atoms in total. The summed E-state index contributed by atoms with van der Waals surface area (Å²) in [6, 6.07) is 2.78. The van der Waals surface area contributed by atoms with Crippen molar-refractivity contribution in [3.05, 3.63) is 22.7 Å². The monoisotopic (exact) mass is 272 g/mol. The lowest BCUT2D eigenvalue weighted by Gasteiger charge is -2.18. The average Bonchev–Trinajstić information content (AvgIpc) is 2.21. The molecule has 18 heavy (non-hydrogen) atoms. The number of carbonyl (C=O) groups is 1. The molecule has 0 amide bonds. The van der Waals surface area contributed by atoms with Gasteiger partial charge in [0.1, 0.15) is 0 Å². The smallest absolute Gasteiger partial charge is 0.335 e. The van der Waals surface area contributed by atoms with Crippen molar-refractivity contribution in [2.45, 2.75) is 39.9 Å². The molecule has 5 heteroatoms. The predicted molar refractivity (Wildman–Crippen MR) is 69.9 cm³/mol. The second kappa shape index (κ2) is 5.96. The van der Waals surface area contributed by atoms with Crippen molar-refractivity contribution < 1.29 is 19.4 Å². The van der Waals surface area contributed by atoms with Gasteiger partial charge in [0.2, 0.25) is 0 Å². The zero-order valence-electron chi connectivity index (χ0n) is 10.9. The Labute approximate surface area is 111 Å². The van der Waals surface area contributed by atoms with Gasteiger partial charge >= 0.3 is 5.97 Å². The van der Waals surface area contributed by atoms with E-state index in [0.29, 0.717) is 11.5 Å². The maximum atomic E-state index is 11.0. The van der Waals surface area contributed by atoms with Gasteiger partial charge in [-0.15, -0.1) is 0 Å². The third-order valence-corrected chi connectivity index (χ3v) is 2.25. The van der Waals surface area contributed by atoms with Crippen LogP contribution in [-0.4, -0.2) is 23.3 Å². The molecule has 1 aromatic carbocycles. The summed E-state index contributed by atoms with van der Waals surface area (Å²) >= 11 is 6.04. The number of hydrogen-bond acceptors (Lipinski definition) is 3. The molecule has 100 valence electrons. The standard InChI is InChI=1S/C13H17ClO4/c1-7(2)17-11-6-9(13(15)16)5-10(14)12(11)18-8(3)4/h5-8H,1-4H3,(H,15,16). The molecule has 0 aliphatic carbocycles. The molecule has 0 aromatic heterocycles. The van der Waals surface area contributed by atoms with E-state index in [1.165, 1.54) is 12.1 Å². The van der Waals surface area contributed by atoms with Gasteiger partial charge < -0.3 is 14.6 Å². The van der Waals surface area contributed by atoms with E-state index in [-0.39, 0.29) is 22.8 Å². The van der Waals surface area contributed by atoms with Gasteiger partial charge in [0.15, 0.2) is 11.5 Å². The average molecular weight is 273 g/mol. The Morgan fingerprint density at radius 2 is 1.72 bits per heavy atom. The Morgan fingerprint density at radius 3 is 2.17 bits per heavy atom. The topological polar surface area (TPSA) is 55.8 Å². The van der Waals surface area contributed by atoms with Crippen LogP contribution in [0.2, 0.25) is 5.02 Å². The summed E-state index contributed by atoms with van der Waals surface area (Å²) in [6.07, 6.45) is -0.174. The van der Waals surface area contributed by atoms with Gasteiger partial charge in [0, 0.05) is 0 Å². The number of carboxylic acids is 1. The Hall–Kier alpha value is -1.42. The predicted octanol–water partition coefficient (Wildman–Crippen LogP) is 3.61. The van der Waals surface area contributed by atoms with Crippen LogP contribution in [0.3, 0.4) is 0 Å². The Balaban J connectivity index is 3.25. The van der Waals surface area contributed by atoms with E-state index in [2.05, 4.69) is 0 Å². The van der Waals surface area contributed by atoms with Crippen molar-refractivity contribution in [3.63, 3.8) is 0 Å². The molecule has 1 rings (SSSR count). The summed E-state index contributed by atoms with van der Waals surface area (Å²) in [7, 11) is 0. The first-order chi connectivity index (χ1) is 8.31. The second-order valence-electron chi connectivity index (χ2n) is 4.42. The fraction of sp³-hybridized carbons (Fsp3) is 0.462. The van der Waals surface area contributed by atoms with Crippen LogP contribution in [0.5, 0.6) is 11.5 Å². The molecule has 1 N–H and O–H groups in total. The van der Waals surface area contributed by atoms with Gasteiger partial charge in [-0.3, -0.25) is 0 Å². The molecule has 0 aliphatic heterocycles. The fourth-order valence-electron chi connectivity index (χ4n) is 1.38. The summed E-state index contributed by atoms with van der Waals surface area (Å²) in [6.45, 7) is 7.42. The van der Waals surface area contributed by atoms with Crippen molar-refractivity contribution in [2.75, 3.05) is 0 Å². The highest BCUT2D eigenvalue weighted by molar-refractivity contribution is 6.32. The Bertz CT molecular complexity index is 441. The van der Waals surface area contributed by atoms with Crippen LogP contribution in [0, 0.1) is 0 Å². The highest BCUT2D eigenvalue weighted by Gasteiger charge is 2.17. The van der Waals surface area contributed by atoms with Crippen LogP contribution in [0.4, 0.5) is 0 Å². The molecule has 1 aromatic rings. The van der Waals surface area contributed by atoms with E-state index in [1.54, 1.807) is 0 Å². The number of benzene rings is 1. The van der Waals surface area contributed by atoms with Crippen LogP contribution in [0.1, 0.15) is 38.1 Å². The lowest BCUT2D eigenvalue weighted by atomic mass is 10.2. The molecule has 0 fully saturated rings. The number of carboxylic acid groups (broad SMARTS) is 1. The van der Waals surface area contributed by atoms with Crippen molar-refractivity contribution in [2.24, 2.45) is 0 Å². The van der Waals surface area contributed by atoms with Crippen LogP contribution in [0.15, 0.2) is 12.1 Å². The highest BCUT2D eigenvalue weighted by atomic mass is 35.5. The molecule has 0 unspecified atom stereocenters.